The molecule has 0 fully saturated rings. The number of nitrogens with zero attached hydrogens (tertiary/aromatic N) is 1. The van der Waals surface area contributed by atoms with Gasteiger partial charge in [0.05, 0.1) is 18.1 Å². The van der Waals surface area contributed by atoms with Crippen LogP contribution in [0.3, 0.4) is 0 Å². The SMILES string of the molecule is COc1cc(Br)c(Br)c(-c2nc3sc4c(c3c(=O)[nH]2)CCCC4)c1O. The maximum atomic E-state index is 12.7. The maximum Gasteiger partial charge on any atom is 0.260 e. The van der Waals surface area contributed by atoms with Crippen LogP contribution in [0.15, 0.2) is 19.8 Å². The van der Waals surface area contributed by atoms with Gasteiger partial charge in [-0.1, -0.05) is 0 Å². The lowest BCUT2D eigenvalue weighted by atomic mass is 9.97. The molecule has 0 spiro atoms. The van der Waals surface area contributed by atoms with Crippen molar-refractivity contribution in [1.82, 2.24) is 9.97 Å². The van der Waals surface area contributed by atoms with E-state index in [4.69, 9.17) is 4.74 Å². The number of phenols is 1. The average Bonchev–Trinajstić information content (AvgIpc) is 2.97. The fraction of sp³-hybridized carbons (Fsp3) is 0.294. The second-order valence-electron chi connectivity index (χ2n) is 5.90. The number of nitrogens with one attached hydrogen (secondary N) is 1. The number of aromatic hydroxyl groups is 1. The fourth-order valence-electron chi connectivity index (χ4n) is 3.25. The van der Waals surface area contributed by atoms with Gasteiger partial charge in [0.2, 0.25) is 0 Å². The van der Waals surface area contributed by atoms with Gasteiger partial charge in [-0.3, -0.25) is 4.79 Å². The van der Waals surface area contributed by atoms with Crippen LogP contribution in [0.2, 0.25) is 0 Å². The van der Waals surface area contributed by atoms with Crippen molar-refractivity contribution in [1.29, 1.82) is 0 Å². The van der Waals surface area contributed by atoms with Crippen molar-refractivity contribution in [3.05, 3.63) is 35.8 Å². The van der Waals surface area contributed by atoms with Gasteiger partial charge in [-0.15, -0.1) is 11.3 Å². The standard InChI is InChI=1S/C17H14Br2N2O3S/c1-24-9-6-8(18)13(19)12(14(9)22)15-20-16(23)11-7-4-2-3-5-10(7)25-17(11)21-15/h6,22H,2-5H2,1H3,(H,20,21,23). The number of aryl methyl sites for hydroxylation is 2. The van der Waals surface area contributed by atoms with Crippen LogP contribution in [-0.4, -0.2) is 22.2 Å². The Labute approximate surface area is 164 Å². The Bertz CT molecular complexity index is 1060. The van der Waals surface area contributed by atoms with Crippen LogP contribution < -0.4 is 10.3 Å². The van der Waals surface area contributed by atoms with Crippen LogP contribution in [-0.2, 0) is 12.8 Å². The largest absolute Gasteiger partial charge is 0.504 e. The molecule has 8 heteroatoms. The summed E-state index contributed by atoms with van der Waals surface area (Å²) in [4.78, 5) is 22.2. The number of ether oxygens (including phenoxy) is 1. The number of methoxy groups -OCH3 is 1. The number of H-pyrrole nitrogens is 1. The summed E-state index contributed by atoms with van der Waals surface area (Å²) in [5.41, 5.74) is 1.38. The molecular formula is C17H14Br2N2O3S. The van der Waals surface area contributed by atoms with Gasteiger partial charge in [0.1, 0.15) is 10.7 Å². The van der Waals surface area contributed by atoms with Crippen molar-refractivity contribution >= 4 is 53.4 Å². The minimum Gasteiger partial charge on any atom is -0.504 e. The van der Waals surface area contributed by atoms with Crippen molar-refractivity contribution in [3.63, 3.8) is 0 Å². The Morgan fingerprint density at radius 3 is 2.84 bits per heavy atom. The third kappa shape index (κ3) is 2.71. The Balaban J connectivity index is 2.00. The lowest BCUT2D eigenvalue weighted by molar-refractivity contribution is 0.374. The molecular weight excluding hydrogens is 472 g/mol. The first-order chi connectivity index (χ1) is 12.0. The van der Waals surface area contributed by atoms with Gasteiger partial charge >= 0.3 is 0 Å². The number of phenolic OH excluding ortho intramolecular Hbond substituents is 1. The fourth-order valence-corrected chi connectivity index (χ4v) is 5.41. The van der Waals surface area contributed by atoms with Crippen LogP contribution in [0.25, 0.3) is 21.6 Å². The molecule has 0 atom stereocenters. The zero-order valence-electron chi connectivity index (χ0n) is 13.3. The van der Waals surface area contributed by atoms with Gasteiger partial charge in [-0.05, 0) is 69.2 Å². The van der Waals surface area contributed by atoms with Gasteiger partial charge in [-0.2, -0.15) is 0 Å². The number of fused-ring (bicyclic) bond motifs is 3. The third-order valence-electron chi connectivity index (χ3n) is 4.44. The smallest absolute Gasteiger partial charge is 0.260 e. The predicted octanol–water partition coefficient (Wildman–Crippen LogP) is 4.77. The van der Waals surface area contributed by atoms with E-state index >= 15 is 0 Å². The highest BCUT2D eigenvalue weighted by atomic mass is 79.9. The highest BCUT2D eigenvalue weighted by molar-refractivity contribution is 9.13. The lowest BCUT2D eigenvalue weighted by Gasteiger charge is -2.12. The quantitative estimate of drug-likeness (QED) is 0.548. The van der Waals surface area contributed by atoms with E-state index < -0.39 is 0 Å². The Kier molecular flexibility index (Phi) is 4.37. The molecule has 1 aliphatic rings. The lowest BCUT2D eigenvalue weighted by Crippen LogP contribution is -2.11. The molecule has 4 rings (SSSR count). The summed E-state index contributed by atoms with van der Waals surface area (Å²) in [6.07, 6.45) is 4.19. The molecule has 0 radical (unpaired) electrons. The Morgan fingerprint density at radius 1 is 1.32 bits per heavy atom. The number of aromatic amines is 1. The summed E-state index contributed by atoms with van der Waals surface area (Å²) in [6, 6.07) is 1.66. The average molecular weight is 486 g/mol. The first kappa shape index (κ1) is 17.1. The molecule has 130 valence electrons. The number of halogens is 2. The Morgan fingerprint density at radius 2 is 2.08 bits per heavy atom. The summed E-state index contributed by atoms with van der Waals surface area (Å²) in [5.74, 6) is 0.555. The number of hydrogen-bond donors (Lipinski definition) is 2. The molecule has 3 aromatic rings. The van der Waals surface area contributed by atoms with Crippen LogP contribution in [0, 0.1) is 0 Å². The highest BCUT2D eigenvalue weighted by Crippen LogP contribution is 2.45. The normalized spacial score (nSPS) is 13.9. The first-order valence-corrected chi connectivity index (χ1v) is 10.2. The van der Waals surface area contributed by atoms with Crippen LogP contribution in [0.1, 0.15) is 23.3 Å². The molecule has 0 unspecified atom stereocenters. The summed E-state index contributed by atoms with van der Waals surface area (Å²) < 4.78 is 6.51. The monoisotopic (exact) mass is 484 g/mol. The van der Waals surface area contributed by atoms with Crippen molar-refractivity contribution in [3.8, 4) is 22.9 Å². The number of thiophene rings is 1. The second kappa shape index (κ2) is 6.41. The summed E-state index contributed by atoms with van der Waals surface area (Å²) in [5, 5.41) is 11.2. The topological polar surface area (TPSA) is 75.2 Å². The summed E-state index contributed by atoms with van der Waals surface area (Å²) >= 11 is 8.46. The second-order valence-corrected chi connectivity index (χ2v) is 8.63. The van der Waals surface area contributed by atoms with Crippen LogP contribution in [0.5, 0.6) is 11.5 Å². The Hall–Kier alpha value is -1.38. The summed E-state index contributed by atoms with van der Waals surface area (Å²) in [6.45, 7) is 0. The molecule has 0 saturated heterocycles. The molecule has 1 aliphatic carbocycles. The van der Waals surface area contributed by atoms with E-state index in [0.29, 0.717) is 31.5 Å². The molecule has 0 aliphatic heterocycles. The minimum absolute atomic E-state index is 0.0682. The van der Waals surface area contributed by atoms with Crippen molar-refractivity contribution in [2.24, 2.45) is 0 Å². The molecule has 1 aromatic carbocycles. The van der Waals surface area contributed by atoms with Crippen molar-refractivity contribution in [2.45, 2.75) is 25.7 Å². The van der Waals surface area contributed by atoms with E-state index in [2.05, 4.69) is 41.8 Å². The van der Waals surface area contributed by atoms with Gasteiger partial charge in [-0.25, -0.2) is 4.98 Å². The van der Waals surface area contributed by atoms with E-state index in [1.807, 2.05) is 0 Å². The van der Waals surface area contributed by atoms with Crippen LogP contribution >= 0.6 is 43.2 Å². The number of hydrogen-bond acceptors (Lipinski definition) is 5. The van der Waals surface area contributed by atoms with Crippen molar-refractivity contribution < 1.29 is 9.84 Å². The first-order valence-electron chi connectivity index (χ1n) is 7.81. The van der Waals surface area contributed by atoms with E-state index in [0.717, 1.165) is 36.1 Å². The van der Waals surface area contributed by atoms with Crippen LogP contribution in [0.4, 0.5) is 0 Å². The summed E-state index contributed by atoms with van der Waals surface area (Å²) in [7, 11) is 1.48. The molecule has 0 bridgehead atoms. The number of aromatic nitrogens is 2. The number of rotatable bonds is 2. The molecule has 25 heavy (non-hydrogen) atoms. The maximum absolute atomic E-state index is 12.7. The van der Waals surface area contributed by atoms with Gasteiger partial charge in [0.25, 0.3) is 5.56 Å². The molecule has 2 heterocycles. The molecule has 2 N–H and O–H groups in total. The zero-order valence-corrected chi connectivity index (χ0v) is 17.3. The molecule has 0 saturated carbocycles. The van der Waals surface area contributed by atoms with E-state index in [9.17, 15) is 9.90 Å². The van der Waals surface area contributed by atoms with Crippen molar-refractivity contribution in [2.75, 3.05) is 7.11 Å². The minimum atomic E-state index is -0.162. The van der Waals surface area contributed by atoms with Gasteiger partial charge in [0, 0.05) is 13.8 Å². The van der Waals surface area contributed by atoms with Gasteiger partial charge in [0.15, 0.2) is 11.5 Å². The van der Waals surface area contributed by atoms with E-state index in [1.54, 1.807) is 17.4 Å². The number of benzene rings is 1. The van der Waals surface area contributed by atoms with E-state index in [1.165, 1.54) is 12.0 Å². The zero-order chi connectivity index (χ0) is 17.7. The van der Waals surface area contributed by atoms with E-state index in [-0.39, 0.29) is 11.3 Å². The third-order valence-corrected chi connectivity index (χ3v) is 7.61. The highest BCUT2D eigenvalue weighted by Gasteiger charge is 2.23. The molecule has 5 nitrogen and oxygen atoms in total. The molecule has 0 amide bonds. The molecule has 2 aromatic heterocycles. The van der Waals surface area contributed by atoms with Gasteiger partial charge < -0.3 is 14.8 Å². The predicted molar refractivity (Wildman–Crippen MR) is 106 cm³/mol.